The van der Waals surface area contributed by atoms with Gasteiger partial charge in [-0.3, -0.25) is 0 Å². The molecule has 3 aromatic rings. The monoisotopic (exact) mass is 405 g/mol. The van der Waals surface area contributed by atoms with Gasteiger partial charge in [0.25, 0.3) is 0 Å². The molecule has 1 atom stereocenters. The maximum Gasteiger partial charge on any atom is 0.322 e. The lowest BCUT2D eigenvalue weighted by atomic mass is 10.0. The standard InChI is InChI=1S/C24H27N3O3/c1-17-7-9-18(10-8-17)23-22-6-4-11-26(22)12-5-13-27(23)24(28)25-19-14-20(29-2)16-21(15-19)30-3/h4,6-11,14-16,23H,5,12-13H2,1-3H3,(H,25,28). The van der Waals surface area contributed by atoms with Crippen molar-refractivity contribution in [3.63, 3.8) is 0 Å². The smallest absolute Gasteiger partial charge is 0.322 e. The molecule has 0 saturated carbocycles. The van der Waals surface area contributed by atoms with Gasteiger partial charge in [-0.05, 0) is 31.0 Å². The summed E-state index contributed by atoms with van der Waals surface area (Å²) in [5, 5.41) is 3.04. The summed E-state index contributed by atoms with van der Waals surface area (Å²) >= 11 is 0. The number of methoxy groups -OCH3 is 2. The number of urea groups is 1. The number of hydrogen-bond donors (Lipinski definition) is 1. The van der Waals surface area contributed by atoms with Gasteiger partial charge >= 0.3 is 6.03 Å². The van der Waals surface area contributed by atoms with E-state index in [1.54, 1.807) is 32.4 Å². The number of nitrogens with zero attached hydrogens (tertiary/aromatic N) is 2. The van der Waals surface area contributed by atoms with Crippen LogP contribution in [0.5, 0.6) is 11.5 Å². The Morgan fingerprint density at radius 2 is 1.70 bits per heavy atom. The topological polar surface area (TPSA) is 55.7 Å². The maximum absolute atomic E-state index is 13.4. The molecule has 1 aliphatic rings. The van der Waals surface area contributed by atoms with Gasteiger partial charge in [-0.1, -0.05) is 29.8 Å². The van der Waals surface area contributed by atoms with E-state index < -0.39 is 0 Å². The number of carbonyl (C=O) groups is 1. The first-order valence-electron chi connectivity index (χ1n) is 10.1. The molecule has 0 saturated heterocycles. The van der Waals surface area contributed by atoms with Crippen LogP contribution in [0.25, 0.3) is 0 Å². The average Bonchev–Trinajstić information content (AvgIpc) is 3.14. The molecule has 6 heteroatoms. The van der Waals surface area contributed by atoms with Crippen LogP contribution >= 0.6 is 0 Å². The molecular weight excluding hydrogens is 378 g/mol. The van der Waals surface area contributed by atoms with Gasteiger partial charge in [0, 0.05) is 48.9 Å². The van der Waals surface area contributed by atoms with E-state index in [9.17, 15) is 4.79 Å². The minimum absolute atomic E-state index is 0.148. The number of amides is 2. The van der Waals surface area contributed by atoms with Crippen LogP contribution in [-0.2, 0) is 6.54 Å². The highest BCUT2D eigenvalue weighted by Gasteiger charge is 2.31. The molecule has 6 nitrogen and oxygen atoms in total. The third-order valence-electron chi connectivity index (χ3n) is 5.51. The lowest BCUT2D eigenvalue weighted by molar-refractivity contribution is 0.199. The number of aromatic nitrogens is 1. The number of benzene rings is 2. The van der Waals surface area contributed by atoms with Crippen LogP contribution < -0.4 is 14.8 Å². The predicted molar refractivity (Wildman–Crippen MR) is 117 cm³/mol. The third-order valence-corrected chi connectivity index (χ3v) is 5.51. The number of carbonyl (C=O) groups excluding carboxylic acids is 1. The van der Waals surface area contributed by atoms with Crippen LogP contribution in [0.1, 0.15) is 29.3 Å². The molecule has 0 bridgehead atoms. The number of nitrogens with one attached hydrogen (secondary N) is 1. The van der Waals surface area contributed by atoms with Crippen molar-refractivity contribution in [2.75, 3.05) is 26.1 Å². The van der Waals surface area contributed by atoms with E-state index in [4.69, 9.17) is 9.47 Å². The van der Waals surface area contributed by atoms with Crippen LogP contribution in [0.4, 0.5) is 10.5 Å². The van der Waals surface area contributed by atoms with Gasteiger partial charge in [0.1, 0.15) is 11.5 Å². The maximum atomic E-state index is 13.4. The Morgan fingerprint density at radius 1 is 1.00 bits per heavy atom. The molecule has 156 valence electrons. The average molecular weight is 405 g/mol. The van der Waals surface area contributed by atoms with Crippen LogP contribution in [0.3, 0.4) is 0 Å². The van der Waals surface area contributed by atoms with Crippen LogP contribution in [0, 0.1) is 6.92 Å². The molecule has 2 heterocycles. The van der Waals surface area contributed by atoms with Crippen molar-refractivity contribution >= 4 is 11.7 Å². The van der Waals surface area contributed by atoms with E-state index >= 15 is 0 Å². The normalized spacial score (nSPS) is 15.8. The zero-order valence-electron chi connectivity index (χ0n) is 17.6. The molecular formula is C24H27N3O3. The first-order valence-corrected chi connectivity index (χ1v) is 10.1. The fraction of sp³-hybridized carbons (Fsp3) is 0.292. The number of rotatable bonds is 4. The third kappa shape index (κ3) is 3.99. The van der Waals surface area contributed by atoms with Gasteiger partial charge in [-0.25, -0.2) is 4.79 Å². The highest BCUT2D eigenvalue weighted by atomic mass is 16.5. The van der Waals surface area contributed by atoms with Gasteiger partial charge in [-0.2, -0.15) is 0 Å². The van der Waals surface area contributed by atoms with Crippen LogP contribution in [-0.4, -0.2) is 36.3 Å². The van der Waals surface area contributed by atoms with E-state index in [1.807, 2.05) is 11.0 Å². The number of aryl methyl sites for hydroxylation is 2. The lowest BCUT2D eigenvalue weighted by Gasteiger charge is -2.31. The highest BCUT2D eigenvalue weighted by molar-refractivity contribution is 5.90. The Labute approximate surface area is 177 Å². The van der Waals surface area contributed by atoms with Crippen LogP contribution in [0.2, 0.25) is 0 Å². The Morgan fingerprint density at radius 3 is 2.37 bits per heavy atom. The summed E-state index contributed by atoms with van der Waals surface area (Å²) in [7, 11) is 3.19. The summed E-state index contributed by atoms with van der Waals surface area (Å²) in [5.41, 5.74) is 4.05. The molecule has 1 N–H and O–H groups in total. The summed E-state index contributed by atoms with van der Waals surface area (Å²) in [6.45, 7) is 3.62. The zero-order valence-corrected chi connectivity index (χ0v) is 17.6. The minimum atomic E-state index is -0.157. The van der Waals surface area contributed by atoms with Crippen molar-refractivity contribution in [2.24, 2.45) is 0 Å². The van der Waals surface area contributed by atoms with E-state index in [2.05, 4.69) is 53.3 Å². The first kappa shape index (κ1) is 19.9. The molecule has 0 fully saturated rings. The molecule has 2 aromatic carbocycles. The lowest BCUT2D eigenvalue weighted by Crippen LogP contribution is -2.38. The highest BCUT2D eigenvalue weighted by Crippen LogP contribution is 2.33. The molecule has 0 aliphatic carbocycles. The summed E-state index contributed by atoms with van der Waals surface area (Å²) < 4.78 is 12.9. The Hall–Kier alpha value is -3.41. The van der Waals surface area contributed by atoms with Crippen molar-refractivity contribution in [2.45, 2.75) is 25.9 Å². The van der Waals surface area contributed by atoms with Crippen molar-refractivity contribution in [3.05, 3.63) is 77.6 Å². The Kier molecular flexibility index (Phi) is 5.65. The fourth-order valence-electron chi connectivity index (χ4n) is 3.97. The van der Waals surface area contributed by atoms with Crippen molar-refractivity contribution in [1.82, 2.24) is 9.47 Å². The second-order valence-electron chi connectivity index (χ2n) is 7.52. The second-order valence-corrected chi connectivity index (χ2v) is 7.52. The first-order chi connectivity index (χ1) is 14.6. The SMILES string of the molecule is COc1cc(NC(=O)N2CCCn3cccc3C2c2ccc(C)cc2)cc(OC)c1. The molecule has 1 aromatic heterocycles. The van der Waals surface area contributed by atoms with E-state index in [-0.39, 0.29) is 12.1 Å². The molecule has 30 heavy (non-hydrogen) atoms. The van der Waals surface area contributed by atoms with Gasteiger partial charge in [-0.15, -0.1) is 0 Å². The molecule has 1 aliphatic heterocycles. The largest absolute Gasteiger partial charge is 0.497 e. The van der Waals surface area contributed by atoms with Gasteiger partial charge in [0.15, 0.2) is 0 Å². The van der Waals surface area contributed by atoms with Gasteiger partial charge in [0.05, 0.1) is 20.3 Å². The van der Waals surface area contributed by atoms with Crippen molar-refractivity contribution in [3.8, 4) is 11.5 Å². The molecule has 0 spiro atoms. The Bertz CT molecular complexity index is 1000. The summed E-state index contributed by atoms with van der Waals surface area (Å²) in [6.07, 6.45) is 2.98. The second kappa shape index (κ2) is 8.53. The summed E-state index contributed by atoms with van der Waals surface area (Å²) in [6, 6.07) is 17.6. The molecule has 2 amide bonds. The van der Waals surface area contributed by atoms with Crippen molar-refractivity contribution in [1.29, 1.82) is 0 Å². The van der Waals surface area contributed by atoms with E-state index in [1.165, 1.54) is 5.56 Å². The zero-order chi connectivity index (χ0) is 21.1. The summed E-state index contributed by atoms with van der Waals surface area (Å²) in [4.78, 5) is 15.3. The van der Waals surface area contributed by atoms with Crippen molar-refractivity contribution < 1.29 is 14.3 Å². The Balaban J connectivity index is 1.68. The van der Waals surface area contributed by atoms with Gasteiger partial charge in [0.2, 0.25) is 0 Å². The van der Waals surface area contributed by atoms with Crippen LogP contribution in [0.15, 0.2) is 60.8 Å². The summed E-state index contributed by atoms with van der Waals surface area (Å²) in [5.74, 6) is 1.26. The molecule has 1 unspecified atom stereocenters. The predicted octanol–water partition coefficient (Wildman–Crippen LogP) is 4.84. The van der Waals surface area contributed by atoms with E-state index in [0.29, 0.717) is 23.7 Å². The molecule has 4 rings (SSSR count). The number of hydrogen-bond acceptors (Lipinski definition) is 3. The van der Waals surface area contributed by atoms with E-state index in [0.717, 1.165) is 24.2 Å². The number of ether oxygens (including phenoxy) is 2. The fourth-order valence-corrected chi connectivity index (χ4v) is 3.97. The minimum Gasteiger partial charge on any atom is -0.497 e. The van der Waals surface area contributed by atoms with Gasteiger partial charge < -0.3 is 24.3 Å². The quantitative estimate of drug-likeness (QED) is 0.676. The number of fused-ring (bicyclic) bond motifs is 1. The molecule has 0 radical (unpaired) electrons. The number of anilines is 1.